The molecule has 0 spiro atoms. The predicted molar refractivity (Wildman–Crippen MR) is 166 cm³/mol. The van der Waals surface area contributed by atoms with Gasteiger partial charge >= 0.3 is 0 Å². The van der Waals surface area contributed by atoms with E-state index < -0.39 is 47.8 Å². The standard InChI is InChI=1S/C31H42N6O5S/c1-20(2)28-31(42)35-25(13-15-43-4)30(41)33-21(3)29(40)34-24(16-22-10-6-5-7-11-22)18-37(19-26(38)36-28)27(39)17-23-12-8-9-14-32-23/h5-12,14,20-21,24-25,28H,13,15-19H2,1-4H3,(H,33,41)(H,34,40)(H,35,42)(H,36,38)/t21-,24+,25-,28-/m0/s1. The average Bonchev–Trinajstić information content (AvgIpc) is 2.97. The zero-order valence-corrected chi connectivity index (χ0v) is 26.0. The maximum absolute atomic E-state index is 13.6. The highest BCUT2D eigenvalue weighted by atomic mass is 32.2. The molecule has 0 saturated carbocycles. The second kappa shape index (κ2) is 16.6. The van der Waals surface area contributed by atoms with Gasteiger partial charge in [0.2, 0.25) is 29.5 Å². The summed E-state index contributed by atoms with van der Waals surface area (Å²) in [5, 5.41) is 11.2. The summed E-state index contributed by atoms with van der Waals surface area (Å²) in [5.74, 6) is -2.01. The van der Waals surface area contributed by atoms with Crippen molar-refractivity contribution in [1.29, 1.82) is 0 Å². The van der Waals surface area contributed by atoms with E-state index in [0.29, 0.717) is 24.3 Å². The molecule has 1 aliphatic rings. The number of benzene rings is 1. The minimum Gasteiger partial charge on any atom is -0.349 e. The lowest BCUT2D eigenvalue weighted by atomic mass is 10.0. The van der Waals surface area contributed by atoms with E-state index in [2.05, 4.69) is 26.3 Å². The first-order chi connectivity index (χ1) is 20.6. The van der Waals surface area contributed by atoms with Crippen molar-refractivity contribution in [3.63, 3.8) is 0 Å². The van der Waals surface area contributed by atoms with Crippen LogP contribution in [0.1, 0.15) is 38.4 Å². The fraction of sp³-hybridized carbons (Fsp3) is 0.484. The van der Waals surface area contributed by atoms with Crippen molar-refractivity contribution < 1.29 is 24.0 Å². The molecular formula is C31H42N6O5S. The molecule has 1 aromatic carbocycles. The number of nitrogens with zero attached hydrogens (tertiary/aromatic N) is 2. The van der Waals surface area contributed by atoms with E-state index in [1.807, 2.05) is 36.6 Å². The number of hydrogen-bond donors (Lipinski definition) is 4. The number of nitrogens with one attached hydrogen (secondary N) is 4. The molecule has 1 saturated heterocycles. The maximum atomic E-state index is 13.6. The Morgan fingerprint density at radius 1 is 0.953 bits per heavy atom. The van der Waals surface area contributed by atoms with E-state index >= 15 is 0 Å². The molecule has 43 heavy (non-hydrogen) atoms. The SMILES string of the molecule is CSCC[C@@H]1NC(=O)[C@H](C(C)C)NC(=O)CN(C(=O)Cc2ccccn2)C[C@@H](Cc2ccccc2)NC(=O)[C@H](C)NC1=O. The quantitative estimate of drug-likeness (QED) is 0.349. The lowest BCUT2D eigenvalue weighted by molar-refractivity contribution is -0.137. The summed E-state index contributed by atoms with van der Waals surface area (Å²) in [6, 6.07) is 11.4. The fourth-order valence-electron chi connectivity index (χ4n) is 4.75. The first-order valence-electron chi connectivity index (χ1n) is 14.5. The highest BCUT2D eigenvalue weighted by molar-refractivity contribution is 7.98. The van der Waals surface area contributed by atoms with Gasteiger partial charge in [-0.1, -0.05) is 50.2 Å². The summed E-state index contributed by atoms with van der Waals surface area (Å²) in [5.41, 5.74) is 1.47. The van der Waals surface area contributed by atoms with Gasteiger partial charge in [0.25, 0.3) is 0 Å². The minimum atomic E-state index is -0.938. The van der Waals surface area contributed by atoms with Crippen LogP contribution in [0.3, 0.4) is 0 Å². The van der Waals surface area contributed by atoms with Crippen molar-refractivity contribution in [3.8, 4) is 0 Å². The Morgan fingerprint density at radius 3 is 2.33 bits per heavy atom. The molecule has 1 aromatic heterocycles. The van der Waals surface area contributed by atoms with Crippen molar-refractivity contribution in [2.75, 3.05) is 25.1 Å². The topological polar surface area (TPSA) is 150 Å². The molecule has 232 valence electrons. The van der Waals surface area contributed by atoms with E-state index in [0.717, 1.165) is 5.56 Å². The molecule has 5 amide bonds. The lowest BCUT2D eigenvalue weighted by Gasteiger charge is -2.30. The first kappa shape index (κ1) is 33.6. The van der Waals surface area contributed by atoms with Gasteiger partial charge < -0.3 is 26.2 Å². The Bertz CT molecular complexity index is 1250. The van der Waals surface area contributed by atoms with Crippen LogP contribution in [0.15, 0.2) is 54.7 Å². The summed E-state index contributed by atoms with van der Waals surface area (Å²) in [7, 11) is 0. The maximum Gasteiger partial charge on any atom is 0.243 e. The number of amides is 5. The lowest BCUT2D eigenvalue weighted by Crippen LogP contribution is -2.57. The third-order valence-electron chi connectivity index (χ3n) is 7.12. The van der Waals surface area contributed by atoms with Crippen molar-refractivity contribution in [1.82, 2.24) is 31.2 Å². The van der Waals surface area contributed by atoms with E-state index in [4.69, 9.17) is 0 Å². The molecule has 12 heteroatoms. The summed E-state index contributed by atoms with van der Waals surface area (Å²) >= 11 is 1.53. The molecule has 3 rings (SSSR count). The molecule has 11 nitrogen and oxygen atoms in total. The fourth-order valence-corrected chi connectivity index (χ4v) is 5.22. The number of carbonyl (C=O) groups is 5. The molecule has 0 bridgehead atoms. The Hall–Kier alpha value is -3.93. The summed E-state index contributed by atoms with van der Waals surface area (Å²) in [6.45, 7) is 4.85. The van der Waals surface area contributed by atoms with Crippen LogP contribution in [0.5, 0.6) is 0 Å². The van der Waals surface area contributed by atoms with Crippen LogP contribution in [0.2, 0.25) is 0 Å². The second-order valence-electron chi connectivity index (χ2n) is 11.0. The van der Waals surface area contributed by atoms with Gasteiger partial charge in [0.05, 0.1) is 19.0 Å². The Kier molecular flexibility index (Phi) is 13.0. The Morgan fingerprint density at radius 2 is 1.67 bits per heavy atom. The third kappa shape index (κ3) is 10.7. The number of rotatable bonds is 8. The van der Waals surface area contributed by atoms with Crippen molar-refractivity contribution >= 4 is 41.3 Å². The van der Waals surface area contributed by atoms with Gasteiger partial charge in [-0.2, -0.15) is 11.8 Å². The van der Waals surface area contributed by atoms with Crippen LogP contribution in [0, 0.1) is 5.92 Å². The van der Waals surface area contributed by atoms with Gasteiger partial charge in [-0.3, -0.25) is 29.0 Å². The Balaban J connectivity index is 1.97. The molecule has 1 fully saturated rings. The van der Waals surface area contributed by atoms with Crippen molar-refractivity contribution in [3.05, 3.63) is 66.0 Å². The Labute approximate surface area is 257 Å². The smallest absolute Gasteiger partial charge is 0.243 e. The minimum absolute atomic E-state index is 0.0231. The summed E-state index contributed by atoms with van der Waals surface area (Å²) in [6.07, 6.45) is 4.17. The molecule has 4 N–H and O–H groups in total. The molecule has 2 heterocycles. The van der Waals surface area contributed by atoms with E-state index in [1.54, 1.807) is 45.2 Å². The van der Waals surface area contributed by atoms with Crippen LogP contribution in [-0.2, 0) is 36.8 Å². The molecule has 0 aliphatic carbocycles. The van der Waals surface area contributed by atoms with Crippen LogP contribution in [-0.4, -0.2) is 88.7 Å². The van der Waals surface area contributed by atoms with Gasteiger partial charge in [-0.25, -0.2) is 0 Å². The third-order valence-corrected chi connectivity index (χ3v) is 7.76. The molecule has 4 atom stereocenters. The zero-order valence-electron chi connectivity index (χ0n) is 25.2. The van der Waals surface area contributed by atoms with Gasteiger partial charge in [0, 0.05) is 18.4 Å². The first-order valence-corrected chi connectivity index (χ1v) is 15.9. The van der Waals surface area contributed by atoms with Crippen LogP contribution in [0.25, 0.3) is 0 Å². The highest BCUT2D eigenvalue weighted by Crippen LogP contribution is 2.10. The van der Waals surface area contributed by atoms with Crippen LogP contribution >= 0.6 is 11.8 Å². The largest absolute Gasteiger partial charge is 0.349 e. The van der Waals surface area contributed by atoms with Gasteiger partial charge in [0.1, 0.15) is 18.1 Å². The van der Waals surface area contributed by atoms with E-state index in [-0.39, 0.29) is 31.3 Å². The van der Waals surface area contributed by atoms with Gasteiger partial charge in [-0.05, 0) is 55.4 Å². The van der Waals surface area contributed by atoms with Crippen LogP contribution < -0.4 is 21.3 Å². The summed E-state index contributed by atoms with van der Waals surface area (Å²) in [4.78, 5) is 72.5. The molecule has 0 unspecified atom stereocenters. The number of pyridine rings is 1. The highest BCUT2D eigenvalue weighted by Gasteiger charge is 2.32. The van der Waals surface area contributed by atoms with Crippen molar-refractivity contribution in [2.24, 2.45) is 5.92 Å². The monoisotopic (exact) mass is 610 g/mol. The van der Waals surface area contributed by atoms with E-state index in [1.165, 1.54) is 16.7 Å². The average molecular weight is 611 g/mol. The molecule has 0 radical (unpaired) electrons. The van der Waals surface area contributed by atoms with Gasteiger partial charge in [0.15, 0.2) is 0 Å². The normalized spacial score (nSPS) is 22.5. The predicted octanol–water partition coefficient (Wildman–Crippen LogP) is 1.08. The number of thioether (sulfide) groups is 1. The molecule has 2 aromatic rings. The zero-order chi connectivity index (χ0) is 31.4. The number of hydrogen-bond acceptors (Lipinski definition) is 7. The summed E-state index contributed by atoms with van der Waals surface area (Å²) < 4.78 is 0. The molecule has 1 aliphatic heterocycles. The second-order valence-corrected chi connectivity index (χ2v) is 12.0. The number of carbonyl (C=O) groups excluding carboxylic acids is 5. The molecular weight excluding hydrogens is 568 g/mol. The van der Waals surface area contributed by atoms with E-state index in [9.17, 15) is 24.0 Å². The van der Waals surface area contributed by atoms with Crippen LogP contribution in [0.4, 0.5) is 0 Å². The van der Waals surface area contributed by atoms with Gasteiger partial charge in [-0.15, -0.1) is 0 Å². The van der Waals surface area contributed by atoms with Crippen molar-refractivity contribution in [2.45, 2.75) is 64.2 Å². The number of aromatic nitrogens is 1.